The van der Waals surface area contributed by atoms with E-state index in [1.54, 1.807) is 18.4 Å². The smallest absolute Gasteiger partial charge is 0.321 e. The molecule has 0 unspecified atom stereocenters. The Hall–Kier alpha value is -3.23. The number of nitrogens with one attached hydrogen (secondary N) is 2. The van der Waals surface area contributed by atoms with Gasteiger partial charge in [-0.05, 0) is 32.4 Å². The van der Waals surface area contributed by atoms with Crippen molar-refractivity contribution in [2.24, 2.45) is 0 Å². The van der Waals surface area contributed by atoms with Crippen LogP contribution in [0.15, 0.2) is 29.1 Å². The molecule has 30 heavy (non-hydrogen) atoms. The number of para-hydroxylation sites is 2. The molecular formula is C21H28N4O5. The first-order valence-electron chi connectivity index (χ1n) is 10.1. The van der Waals surface area contributed by atoms with Gasteiger partial charge in [-0.15, -0.1) is 0 Å². The Morgan fingerprint density at radius 2 is 1.93 bits per heavy atom. The summed E-state index contributed by atoms with van der Waals surface area (Å²) in [6.45, 7) is 5.56. The van der Waals surface area contributed by atoms with E-state index in [1.807, 2.05) is 31.2 Å². The normalized spacial score (nSPS) is 10.8. The third-order valence-electron chi connectivity index (χ3n) is 4.26. The number of carbonyl (C=O) groups excluding carboxylic acids is 3. The number of benzene rings is 1. The number of urea groups is 1. The molecule has 9 nitrogen and oxygen atoms in total. The van der Waals surface area contributed by atoms with E-state index in [9.17, 15) is 19.2 Å². The van der Waals surface area contributed by atoms with Gasteiger partial charge in [0.25, 0.3) is 11.5 Å². The largest absolute Gasteiger partial charge is 0.456 e. The number of rotatable bonds is 9. The molecule has 2 aromatic rings. The van der Waals surface area contributed by atoms with Crippen LogP contribution in [0.4, 0.5) is 4.79 Å². The highest BCUT2D eigenvalue weighted by atomic mass is 16.5. The molecule has 0 radical (unpaired) electrons. The standard InChI is InChI=1S/C21H28N4O5/c1-4-5-12-25-17-9-7-6-8-15(17)23-16(20(25)28)10-11-19(27)30-13-18(26)24-21(29)22-14(2)3/h6-9,14H,4-5,10-13H2,1-3H3,(H2,22,24,26,29). The van der Waals surface area contributed by atoms with Crippen LogP contribution >= 0.6 is 0 Å². The number of unbranched alkanes of at least 4 members (excludes halogenated alkanes) is 1. The Kier molecular flexibility index (Phi) is 8.52. The van der Waals surface area contributed by atoms with Crippen LogP contribution in [0.1, 0.15) is 45.7 Å². The number of esters is 1. The maximum absolute atomic E-state index is 12.8. The summed E-state index contributed by atoms with van der Waals surface area (Å²) in [4.78, 5) is 52.3. The molecule has 162 valence electrons. The molecular weight excluding hydrogens is 388 g/mol. The summed E-state index contributed by atoms with van der Waals surface area (Å²) in [5.41, 5.74) is 1.51. The topological polar surface area (TPSA) is 119 Å². The van der Waals surface area contributed by atoms with E-state index in [4.69, 9.17) is 4.74 Å². The molecule has 1 aromatic heterocycles. The Morgan fingerprint density at radius 1 is 1.20 bits per heavy atom. The quantitative estimate of drug-likeness (QED) is 0.603. The first kappa shape index (κ1) is 23.1. The maximum atomic E-state index is 12.8. The van der Waals surface area contributed by atoms with Crippen molar-refractivity contribution >= 4 is 28.9 Å². The summed E-state index contributed by atoms with van der Waals surface area (Å²) >= 11 is 0. The SMILES string of the molecule is CCCCn1c(=O)c(CCC(=O)OCC(=O)NC(=O)NC(C)C)nc2ccccc21. The second kappa shape index (κ2) is 11.1. The van der Waals surface area contributed by atoms with Crippen molar-refractivity contribution in [1.82, 2.24) is 20.2 Å². The van der Waals surface area contributed by atoms with E-state index in [2.05, 4.69) is 15.6 Å². The van der Waals surface area contributed by atoms with Crippen molar-refractivity contribution in [3.05, 3.63) is 40.3 Å². The number of amides is 3. The van der Waals surface area contributed by atoms with Gasteiger partial charge >= 0.3 is 12.0 Å². The van der Waals surface area contributed by atoms with Crippen LogP contribution in [-0.4, -0.2) is 40.1 Å². The predicted molar refractivity (Wildman–Crippen MR) is 112 cm³/mol. The minimum absolute atomic E-state index is 0.0974. The number of nitrogens with zero attached hydrogens (tertiary/aromatic N) is 2. The average molecular weight is 416 g/mol. The monoisotopic (exact) mass is 416 g/mol. The molecule has 0 aliphatic heterocycles. The van der Waals surface area contributed by atoms with Gasteiger partial charge in [0, 0.05) is 19.0 Å². The second-order valence-corrected chi connectivity index (χ2v) is 7.19. The van der Waals surface area contributed by atoms with Gasteiger partial charge < -0.3 is 14.6 Å². The van der Waals surface area contributed by atoms with Crippen molar-refractivity contribution in [3.63, 3.8) is 0 Å². The molecule has 3 amide bonds. The van der Waals surface area contributed by atoms with Gasteiger partial charge in [-0.3, -0.25) is 19.7 Å². The molecule has 2 rings (SSSR count). The van der Waals surface area contributed by atoms with E-state index in [-0.39, 0.29) is 30.1 Å². The third-order valence-corrected chi connectivity index (χ3v) is 4.26. The number of hydrogen-bond donors (Lipinski definition) is 2. The van der Waals surface area contributed by atoms with E-state index in [1.165, 1.54) is 0 Å². The maximum Gasteiger partial charge on any atom is 0.321 e. The van der Waals surface area contributed by atoms with E-state index in [0.717, 1.165) is 18.4 Å². The molecule has 9 heteroatoms. The summed E-state index contributed by atoms with van der Waals surface area (Å²) in [6.07, 6.45) is 1.81. The molecule has 0 saturated carbocycles. The highest BCUT2D eigenvalue weighted by molar-refractivity contribution is 5.95. The molecule has 0 fully saturated rings. The fraction of sp³-hybridized carbons (Fsp3) is 0.476. The predicted octanol–water partition coefficient (Wildman–Crippen LogP) is 1.91. The number of imide groups is 1. The number of hydrogen-bond acceptors (Lipinski definition) is 6. The molecule has 0 spiro atoms. The number of fused-ring (bicyclic) bond motifs is 1. The Balaban J connectivity index is 1.97. The van der Waals surface area contributed by atoms with Crippen molar-refractivity contribution in [3.8, 4) is 0 Å². The zero-order valence-corrected chi connectivity index (χ0v) is 17.6. The summed E-state index contributed by atoms with van der Waals surface area (Å²) in [5.74, 6) is -1.38. The Morgan fingerprint density at radius 3 is 2.63 bits per heavy atom. The number of aryl methyl sites for hydroxylation is 2. The fourth-order valence-corrected chi connectivity index (χ4v) is 2.85. The summed E-state index contributed by atoms with van der Waals surface area (Å²) < 4.78 is 6.57. The lowest BCUT2D eigenvalue weighted by Gasteiger charge is -2.12. The van der Waals surface area contributed by atoms with E-state index >= 15 is 0 Å². The molecule has 0 atom stereocenters. The number of carbonyl (C=O) groups is 3. The highest BCUT2D eigenvalue weighted by Crippen LogP contribution is 2.12. The lowest BCUT2D eigenvalue weighted by Crippen LogP contribution is -2.44. The van der Waals surface area contributed by atoms with Crippen LogP contribution in [0.5, 0.6) is 0 Å². The van der Waals surface area contributed by atoms with Crippen molar-refractivity contribution in [2.45, 2.75) is 59.0 Å². The van der Waals surface area contributed by atoms with Gasteiger partial charge in [0.05, 0.1) is 17.5 Å². The zero-order valence-electron chi connectivity index (χ0n) is 17.6. The van der Waals surface area contributed by atoms with Gasteiger partial charge in [-0.25, -0.2) is 9.78 Å². The van der Waals surface area contributed by atoms with Gasteiger partial charge in [0.2, 0.25) is 0 Å². The van der Waals surface area contributed by atoms with Crippen LogP contribution in [0.25, 0.3) is 11.0 Å². The average Bonchev–Trinajstić information content (AvgIpc) is 2.69. The van der Waals surface area contributed by atoms with Crippen LogP contribution in [0.2, 0.25) is 0 Å². The van der Waals surface area contributed by atoms with E-state index < -0.39 is 24.5 Å². The van der Waals surface area contributed by atoms with Crippen LogP contribution in [-0.2, 0) is 27.3 Å². The number of aromatic nitrogens is 2. The zero-order chi connectivity index (χ0) is 22.1. The first-order valence-corrected chi connectivity index (χ1v) is 10.1. The van der Waals surface area contributed by atoms with Gasteiger partial charge in [-0.1, -0.05) is 25.5 Å². The van der Waals surface area contributed by atoms with Crippen molar-refractivity contribution < 1.29 is 19.1 Å². The Bertz CT molecular complexity index is 968. The highest BCUT2D eigenvalue weighted by Gasteiger charge is 2.15. The van der Waals surface area contributed by atoms with Crippen LogP contribution in [0, 0.1) is 0 Å². The molecule has 1 heterocycles. The van der Waals surface area contributed by atoms with Crippen molar-refractivity contribution in [1.29, 1.82) is 0 Å². The lowest BCUT2D eigenvalue weighted by molar-refractivity contribution is -0.148. The first-order chi connectivity index (χ1) is 14.3. The Labute approximate surface area is 174 Å². The molecule has 1 aromatic carbocycles. The van der Waals surface area contributed by atoms with Crippen LogP contribution < -0.4 is 16.2 Å². The van der Waals surface area contributed by atoms with Gasteiger partial charge in [-0.2, -0.15) is 0 Å². The minimum atomic E-state index is -0.729. The molecule has 0 aliphatic rings. The summed E-state index contributed by atoms with van der Waals surface area (Å²) in [7, 11) is 0. The van der Waals surface area contributed by atoms with Gasteiger partial charge in [0.1, 0.15) is 5.69 Å². The minimum Gasteiger partial charge on any atom is -0.456 e. The molecule has 2 N–H and O–H groups in total. The molecule has 0 saturated heterocycles. The summed E-state index contributed by atoms with van der Waals surface area (Å²) in [6, 6.07) is 6.60. The van der Waals surface area contributed by atoms with Gasteiger partial charge in [0.15, 0.2) is 6.61 Å². The summed E-state index contributed by atoms with van der Waals surface area (Å²) in [5, 5.41) is 4.56. The van der Waals surface area contributed by atoms with E-state index in [0.29, 0.717) is 12.1 Å². The molecule has 0 aliphatic carbocycles. The lowest BCUT2D eigenvalue weighted by atomic mass is 10.2. The number of ether oxygens (including phenoxy) is 1. The second-order valence-electron chi connectivity index (χ2n) is 7.19. The third kappa shape index (κ3) is 6.68. The fourth-order valence-electron chi connectivity index (χ4n) is 2.85. The molecule has 0 bridgehead atoms. The van der Waals surface area contributed by atoms with Crippen molar-refractivity contribution in [2.75, 3.05) is 6.61 Å². The van der Waals surface area contributed by atoms with Crippen LogP contribution in [0.3, 0.4) is 0 Å².